The number of oxime groups is 1. The first kappa shape index (κ1) is 30.2. The molecular weight excluding hydrogens is 555 g/mol. The van der Waals surface area contributed by atoms with Crippen molar-refractivity contribution in [2.75, 3.05) is 13.2 Å². The number of nitrogens with zero attached hydrogens (tertiary/aromatic N) is 1. The van der Waals surface area contributed by atoms with E-state index in [0.717, 1.165) is 23.5 Å². The maximum absolute atomic E-state index is 13.8. The van der Waals surface area contributed by atoms with Gasteiger partial charge in [-0.3, -0.25) is 10.1 Å². The zero-order chi connectivity index (χ0) is 28.0. The Morgan fingerprint density at radius 1 is 0.946 bits per heavy atom. The molecule has 3 N–H and O–H groups in total. The van der Waals surface area contributed by atoms with E-state index in [9.17, 15) is 31.1 Å². The molecule has 37 heavy (non-hydrogen) atoms. The number of nitrogens with one attached hydrogen (secondary N) is 1. The standard InChI is InChI=1S/C22H21Cl2F6N3O4/c1-3-35-16-8-5-12(9-17(16)36-4-2)10-18(31)33-37-20(21(25,26)27,22(28,29)30)32-19(34)14-7-6-13(23)11-15(14)24/h5-9,11H,3-4,10H2,1-2H3,(H2,31,33)(H,32,34). The third kappa shape index (κ3) is 7.25. The van der Waals surface area contributed by atoms with E-state index in [-0.39, 0.29) is 17.4 Å². The third-order valence-corrected chi connectivity index (χ3v) is 5.10. The van der Waals surface area contributed by atoms with E-state index in [2.05, 4.69) is 9.99 Å². The summed E-state index contributed by atoms with van der Waals surface area (Å²) in [5.74, 6) is -1.96. The van der Waals surface area contributed by atoms with E-state index in [0.29, 0.717) is 17.9 Å². The van der Waals surface area contributed by atoms with Crippen molar-refractivity contribution in [1.82, 2.24) is 5.32 Å². The maximum Gasteiger partial charge on any atom is 0.461 e. The second-order valence-electron chi connectivity index (χ2n) is 7.25. The van der Waals surface area contributed by atoms with Crippen molar-refractivity contribution in [3.05, 3.63) is 57.6 Å². The monoisotopic (exact) mass is 575 g/mol. The smallest absolute Gasteiger partial charge is 0.461 e. The molecule has 0 unspecified atom stereocenters. The molecule has 0 aliphatic rings. The van der Waals surface area contributed by atoms with Crippen molar-refractivity contribution in [1.29, 1.82) is 0 Å². The van der Waals surface area contributed by atoms with Crippen molar-refractivity contribution < 1.29 is 45.4 Å². The first-order valence-electron chi connectivity index (χ1n) is 10.4. The van der Waals surface area contributed by atoms with Gasteiger partial charge in [-0.1, -0.05) is 34.4 Å². The highest BCUT2D eigenvalue weighted by atomic mass is 35.5. The molecule has 0 heterocycles. The number of carbonyl (C=O) groups is 1. The summed E-state index contributed by atoms with van der Waals surface area (Å²) in [7, 11) is 0. The van der Waals surface area contributed by atoms with Crippen LogP contribution in [-0.2, 0) is 11.3 Å². The van der Waals surface area contributed by atoms with Crippen LogP contribution in [0.5, 0.6) is 11.5 Å². The average Bonchev–Trinajstić information content (AvgIpc) is 2.76. The van der Waals surface area contributed by atoms with Gasteiger partial charge in [-0.15, -0.1) is 0 Å². The number of amides is 1. The van der Waals surface area contributed by atoms with Gasteiger partial charge in [-0.2, -0.15) is 26.3 Å². The quantitative estimate of drug-likeness (QED) is 0.121. The Morgan fingerprint density at radius 3 is 2.08 bits per heavy atom. The molecule has 0 saturated heterocycles. The lowest BCUT2D eigenvalue weighted by Gasteiger charge is -2.35. The van der Waals surface area contributed by atoms with Crippen molar-refractivity contribution in [2.45, 2.75) is 38.3 Å². The van der Waals surface area contributed by atoms with Crippen LogP contribution in [0.1, 0.15) is 29.8 Å². The summed E-state index contributed by atoms with van der Waals surface area (Å²) >= 11 is 11.4. The zero-order valence-electron chi connectivity index (χ0n) is 19.3. The number of benzene rings is 2. The maximum atomic E-state index is 13.8. The van der Waals surface area contributed by atoms with Crippen molar-refractivity contribution in [3.8, 4) is 11.5 Å². The van der Waals surface area contributed by atoms with E-state index < -0.39 is 46.8 Å². The van der Waals surface area contributed by atoms with Gasteiger partial charge in [0.05, 0.1) is 23.8 Å². The molecule has 0 radical (unpaired) electrons. The summed E-state index contributed by atoms with van der Waals surface area (Å²) in [6, 6.07) is 7.24. The summed E-state index contributed by atoms with van der Waals surface area (Å²) in [6.45, 7) is 4.01. The Labute approximate surface area is 217 Å². The Morgan fingerprint density at radius 2 is 1.54 bits per heavy atom. The number of alkyl halides is 6. The fourth-order valence-electron chi connectivity index (χ4n) is 2.90. The average molecular weight is 576 g/mol. The first-order valence-corrected chi connectivity index (χ1v) is 11.2. The molecule has 0 aliphatic carbocycles. The molecule has 0 bridgehead atoms. The molecule has 0 spiro atoms. The highest BCUT2D eigenvalue weighted by Gasteiger charge is 2.76. The molecule has 2 aromatic rings. The molecule has 2 rings (SSSR count). The minimum absolute atomic E-state index is 0.00476. The number of nitrogens with two attached hydrogens (primary N) is 1. The number of hydrogen-bond donors (Lipinski definition) is 2. The number of carbonyl (C=O) groups excluding carboxylic acids is 1. The van der Waals surface area contributed by atoms with Crippen LogP contribution in [0, 0.1) is 0 Å². The topological polar surface area (TPSA) is 95.2 Å². The number of amidine groups is 1. The fourth-order valence-corrected chi connectivity index (χ4v) is 3.40. The summed E-state index contributed by atoms with van der Waals surface area (Å²) in [4.78, 5) is 16.3. The van der Waals surface area contributed by atoms with Gasteiger partial charge >= 0.3 is 18.1 Å². The molecule has 7 nitrogen and oxygen atoms in total. The van der Waals surface area contributed by atoms with Crippen molar-refractivity contribution in [2.24, 2.45) is 10.9 Å². The van der Waals surface area contributed by atoms with Crippen LogP contribution in [0.2, 0.25) is 10.0 Å². The molecule has 204 valence electrons. The summed E-state index contributed by atoms with van der Waals surface area (Å²) in [5.41, 5.74) is -0.0795. The number of halogens is 8. The van der Waals surface area contributed by atoms with Crippen LogP contribution in [0.3, 0.4) is 0 Å². The minimum atomic E-state index is -6.22. The lowest BCUT2D eigenvalue weighted by molar-refractivity contribution is -0.388. The Balaban J connectivity index is 2.39. The van der Waals surface area contributed by atoms with E-state index in [1.54, 1.807) is 13.8 Å². The normalized spacial score (nSPS) is 12.8. The van der Waals surface area contributed by atoms with Crippen LogP contribution in [-0.4, -0.2) is 43.0 Å². The largest absolute Gasteiger partial charge is 0.490 e. The SMILES string of the molecule is CCOc1ccc(C/C(N)=N\OC(NC(=O)c2ccc(Cl)cc2Cl)(C(F)(F)F)C(F)(F)F)cc1OCC. The second-order valence-corrected chi connectivity index (χ2v) is 8.10. The van der Waals surface area contributed by atoms with Crippen LogP contribution >= 0.6 is 23.2 Å². The number of hydrogen-bond acceptors (Lipinski definition) is 5. The second kappa shape index (κ2) is 12.0. The van der Waals surface area contributed by atoms with Gasteiger partial charge in [0, 0.05) is 11.4 Å². The highest BCUT2D eigenvalue weighted by Crippen LogP contribution is 2.44. The molecular formula is C22H21Cl2F6N3O4. The van der Waals surface area contributed by atoms with Crippen LogP contribution < -0.4 is 20.5 Å². The minimum Gasteiger partial charge on any atom is -0.490 e. The summed E-state index contributed by atoms with van der Waals surface area (Å²) < 4.78 is 93.5. The van der Waals surface area contributed by atoms with Gasteiger partial charge in [0.2, 0.25) is 0 Å². The van der Waals surface area contributed by atoms with Crippen LogP contribution in [0.15, 0.2) is 41.6 Å². The Kier molecular flexibility index (Phi) is 9.78. The zero-order valence-corrected chi connectivity index (χ0v) is 20.8. The molecule has 1 amide bonds. The lowest BCUT2D eigenvalue weighted by Crippen LogP contribution is -2.68. The van der Waals surface area contributed by atoms with Gasteiger partial charge in [0.15, 0.2) is 11.5 Å². The molecule has 2 aromatic carbocycles. The lowest BCUT2D eigenvalue weighted by atomic mass is 10.1. The van der Waals surface area contributed by atoms with Gasteiger partial charge in [0.25, 0.3) is 5.91 Å². The van der Waals surface area contributed by atoms with Crippen molar-refractivity contribution >= 4 is 34.9 Å². The predicted molar refractivity (Wildman–Crippen MR) is 124 cm³/mol. The summed E-state index contributed by atoms with van der Waals surface area (Å²) in [6.07, 6.45) is -12.9. The Hall–Kier alpha value is -3.06. The van der Waals surface area contributed by atoms with E-state index >= 15 is 0 Å². The van der Waals surface area contributed by atoms with Crippen LogP contribution in [0.4, 0.5) is 26.3 Å². The molecule has 0 aliphatic heterocycles. The van der Waals surface area contributed by atoms with Gasteiger partial charge in [-0.25, -0.2) is 0 Å². The Bertz CT molecular complexity index is 1130. The van der Waals surface area contributed by atoms with Gasteiger partial charge < -0.3 is 20.0 Å². The van der Waals surface area contributed by atoms with Crippen LogP contribution in [0.25, 0.3) is 0 Å². The molecule has 0 aromatic heterocycles. The van der Waals surface area contributed by atoms with E-state index in [4.69, 9.17) is 38.4 Å². The third-order valence-electron chi connectivity index (χ3n) is 4.56. The predicted octanol–water partition coefficient (Wildman–Crippen LogP) is 5.87. The molecule has 0 atom stereocenters. The van der Waals surface area contributed by atoms with Gasteiger partial charge in [0.1, 0.15) is 5.84 Å². The van der Waals surface area contributed by atoms with Crippen molar-refractivity contribution in [3.63, 3.8) is 0 Å². The number of ether oxygens (including phenoxy) is 2. The highest BCUT2D eigenvalue weighted by molar-refractivity contribution is 6.36. The first-order chi connectivity index (χ1) is 17.1. The molecule has 15 heteroatoms. The van der Waals surface area contributed by atoms with E-state index in [1.165, 1.54) is 18.2 Å². The fraction of sp³-hybridized carbons (Fsp3) is 0.364. The summed E-state index contributed by atoms with van der Waals surface area (Å²) in [5, 5.41) is 3.17. The molecule has 0 fully saturated rings. The van der Waals surface area contributed by atoms with E-state index in [1.807, 2.05) is 0 Å². The number of rotatable bonds is 10. The molecule has 0 saturated carbocycles. The van der Waals surface area contributed by atoms with Gasteiger partial charge in [-0.05, 0) is 49.7 Å².